The Morgan fingerprint density at radius 3 is 2.79 bits per heavy atom. The Bertz CT molecular complexity index is 609. The van der Waals surface area contributed by atoms with E-state index in [1.807, 2.05) is 0 Å². The summed E-state index contributed by atoms with van der Waals surface area (Å²) in [6.07, 6.45) is 2.75. The van der Waals surface area contributed by atoms with Gasteiger partial charge in [0.15, 0.2) is 11.5 Å². The fourth-order valence-electron chi connectivity index (χ4n) is 1.37. The van der Waals surface area contributed by atoms with Crippen molar-refractivity contribution in [2.24, 2.45) is 0 Å². The van der Waals surface area contributed by atoms with Gasteiger partial charge in [-0.1, -0.05) is 5.16 Å². The van der Waals surface area contributed by atoms with Gasteiger partial charge in [0.25, 0.3) is 5.91 Å². The molecule has 8 nitrogen and oxygen atoms in total. The minimum absolute atomic E-state index is 0.260. The molecule has 8 heteroatoms. The van der Waals surface area contributed by atoms with Crippen LogP contribution in [-0.4, -0.2) is 38.8 Å². The molecule has 19 heavy (non-hydrogen) atoms. The molecule has 0 atom stereocenters. The smallest absolute Gasteiger partial charge is 0.322 e. The highest BCUT2D eigenvalue weighted by Gasteiger charge is 2.15. The molecule has 0 aliphatic rings. The summed E-state index contributed by atoms with van der Waals surface area (Å²) in [6, 6.07) is 2.85. The standard InChI is InChI=1S/C11H9N3O5/c15-7-3-6(8-1-2-14-19-8)4-12-10(7)11(18)13-5-9(16)17/h1-4,15H,5H2,(H,13,18)(H,16,17). The van der Waals surface area contributed by atoms with Gasteiger partial charge in [-0.3, -0.25) is 9.59 Å². The number of pyridine rings is 1. The summed E-state index contributed by atoms with van der Waals surface area (Å²) >= 11 is 0. The number of aromatic hydroxyl groups is 1. The van der Waals surface area contributed by atoms with Gasteiger partial charge in [-0.25, -0.2) is 4.98 Å². The van der Waals surface area contributed by atoms with E-state index in [1.54, 1.807) is 6.07 Å². The van der Waals surface area contributed by atoms with Crippen molar-refractivity contribution in [2.45, 2.75) is 0 Å². The zero-order valence-electron chi connectivity index (χ0n) is 9.53. The van der Waals surface area contributed by atoms with Crippen molar-refractivity contribution in [2.75, 3.05) is 6.54 Å². The van der Waals surface area contributed by atoms with Crippen molar-refractivity contribution in [3.05, 3.63) is 30.2 Å². The summed E-state index contributed by atoms with van der Waals surface area (Å²) < 4.78 is 4.87. The van der Waals surface area contributed by atoms with Gasteiger partial charge in [-0.15, -0.1) is 0 Å². The molecule has 0 aliphatic carbocycles. The van der Waals surface area contributed by atoms with Gasteiger partial charge in [0.2, 0.25) is 0 Å². The van der Waals surface area contributed by atoms with E-state index in [2.05, 4.69) is 15.5 Å². The number of nitrogens with one attached hydrogen (secondary N) is 1. The summed E-state index contributed by atoms with van der Waals surface area (Å²) in [5, 5.41) is 23.7. The van der Waals surface area contributed by atoms with E-state index < -0.39 is 18.4 Å². The number of carboxylic acids is 1. The maximum absolute atomic E-state index is 11.5. The van der Waals surface area contributed by atoms with Crippen molar-refractivity contribution >= 4 is 11.9 Å². The van der Waals surface area contributed by atoms with Gasteiger partial charge in [0.1, 0.15) is 12.3 Å². The van der Waals surface area contributed by atoms with Crippen LogP contribution in [-0.2, 0) is 4.79 Å². The Balaban J connectivity index is 2.20. The average Bonchev–Trinajstić information content (AvgIpc) is 2.89. The van der Waals surface area contributed by atoms with Crippen LogP contribution in [0.5, 0.6) is 5.75 Å². The molecule has 0 bridgehead atoms. The molecular formula is C11H9N3O5. The van der Waals surface area contributed by atoms with Gasteiger partial charge < -0.3 is 20.1 Å². The number of nitrogens with zero attached hydrogens (tertiary/aromatic N) is 2. The molecule has 3 N–H and O–H groups in total. The normalized spacial score (nSPS) is 10.1. The molecule has 0 spiro atoms. The molecule has 2 rings (SSSR count). The maximum Gasteiger partial charge on any atom is 0.322 e. The SMILES string of the molecule is O=C(O)CNC(=O)c1ncc(-c2ccno2)cc1O. The topological polar surface area (TPSA) is 126 Å². The highest BCUT2D eigenvalue weighted by atomic mass is 16.5. The molecule has 1 amide bonds. The highest BCUT2D eigenvalue weighted by molar-refractivity contribution is 5.96. The summed E-state index contributed by atoms with van der Waals surface area (Å²) in [5.41, 5.74) is 0.189. The van der Waals surface area contributed by atoms with E-state index >= 15 is 0 Å². The predicted octanol–water partition coefficient (Wildman–Crippen LogP) is 0.257. The monoisotopic (exact) mass is 263 g/mol. The van der Waals surface area contributed by atoms with Gasteiger partial charge in [0.05, 0.1) is 6.20 Å². The Morgan fingerprint density at radius 2 is 2.21 bits per heavy atom. The summed E-state index contributed by atoms with van der Waals surface area (Å²) in [7, 11) is 0. The first-order chi connectivity index (χ1) is 9.08. The van der Waals surface area contributed by atoms with Crippen molar-refractivity contribution < 1.29 is 24.3 Å². The van der Waals surface area contributed by atoms with Crippen LogP contribution in [0, 0.1) is 0 Å². The highest BCUT2D eigenvalue weighted by Crippen LogP contribution is 2.24. The first kappa shape index (κ1) is 12.6. The molecule has 2 heterocycles. The molecule has 2 aromatic rings. The quantitative estimate of drug-likeness (QED) is 0.722. The van der Waals surface area contributed by atoms with E-state index in [0.29, 0.717) is 11.3 Å². The third kappa shape index (κ3) is 2.86. The van der Waals surface area contributed by atoms with Gasteiger partial charge in [0, 0.05) is 17.8 Å². The van der Waals surface area contributed by atoms with Crippen molar-refractivity contribution in [1.29, 1.82) is 0 Å². The summed E-state index contributed by atoms with van der Waals surface area (Å²) in [6.45, 7) is -0.552. The molecular weight excluding hydrogens is 254 g/mol. The number of hydrogen-bond acceptors (Lipinski definition) is 6. The van der Waals surface area contributed by atoms with Crippen LogP contribution in [0.2, 0.25) is 0 Å². The van der Waals surface area contributed by atoms with Crippen LogP contribution in [0.4, 0.5) is 0 Å². The van der Waals surface area contributed by atoms with Crippen LogP contribution in [0.15, 0.2) is 29.0 Å². The number of aromatic nitrogens is 2. The molecule has 98 valence electrons. The number of carbonyl (C=O) groups excluding carboxylic acids is 1. The fraction of sp³-hybridized carbons (Fsp3) is 0.0909. The van der Waals surface area contributed by atoms with Crippen molar-refractivity contribution in [1.82, 2.24) is 15.5 Å². The number of carbonyl (C=O) groups is 2. The number of amides is 1. The molecule has 0 saturated heterocycles. The lowest BCUT2D eigenvalue weighted by molar-refractivity contribution is -0.135. The number of carboxylic acid groups (broad SMARTS) is 1. The van der Waals surface area contributed by atoms with E-state index in [9.17, 15) is 14.7 Å². The van der Waals surface area contributed by atoms with Crippen LogP contribution < -0.4 is 5.32 Å². The molecule has 2 aromatic heterocycles. The van der Waals surface area contributed by atoms with Gasteiger partial charge in [-0.05, 0) is 6.07 Å². The van der Waals surface area contributed by atoms with Crippen LogP contribution in [0.1, 0.15) is 10.5 Å². The lowest BCUT2D eigenvalue weighted by atomic mass is 10.2. The van der Waals surface area contributed by atoms with Crippen LogP contribution in [0.25, 0.3) is 11.3 Å². The lowest BCUT2D eigenvalue weighted by Crippen LogP contribution is -2.29. The fourth-order valence-corrected chi connectivity index (χ4v) is 1.37. The molecule has 0 fully saturated rings. The zero-order chi connectivity index (χ0) is 13.8. The third-order valence-corrected chi connectivity index (χ3v) is 2.21. The van der Waals surface area contributed by atoms with Gasteiger partial charge in [-0.2, -0.15) is 0 Å². The van der Waals surface area contributed by atoms with Gasteiger partial charge >= 0.3 is 5.97 Å². The Hall–Kier alpha value is -2.90. The third-order valence-electron chi connectivity index (χ3n) is 2.21. The molecule has 0 aromatic carbocycles. The average molecular weight is 263 g/mol. The van der Waals surface area contributed by atoms with Crippen LogP contribution in [0.3, 0.4) is 0 Å². The number of rotatable bonds is 4. The van der Waals surface area contributed by atoms with Crippen LogP contribution >= 0.6 is 0 Å². The van der Waals surface area contributed by atoms with Crippen molar-refractivity contribution in [3.8, 4) is 17.1 Å². The van der Waals surface area contributed by atoms with E-state index in [1.165, 1.54) is 18.5 Å². The minimum Gasteiger partial charge on any atom is -0.505 e. The zero-order valence-corrected chi connectivity index (χ0v) is 9.53. The summed E-state index contributed by atoms with van der Waals surface area (Å²) in [5.74, 6) is -1.95. The first-order valence-corrected chi connectivity index (χ1v) is 5.18. The Kier molecular flexibility index (Phi) is 3.42. The second kappa shape index (κ2) is 5.17. The summed E-state index contributed by atoms with van der Waals surface area (Å²) in [4.78, 5) is 25.6. The van der Waals surface area contributed by atoms with E-state index in [0.717, 1.165) is 0 Å². The molecule has 0 saturated carbocycles. The molecule has 0 radical (unpaired) electrons. The Labute approximate surface area is 106 Å². The van der Waals surface area contributed by atoms with E-state index in [-0.39, 0.29) is 11.4 Å². The first-order valence-electron chi connectivity index (χ1n) is 5.18. The second-order valence-corrected chi connectivity index (χ2v) is 3.54. The molecule has 0 aliphatic heterocycles. The second-order valence-electron chi connectivity index (χ2n) is 3.54. The number of hydrogen-bond donors (Lipinski definition) is 3. The predicted molar refractivity (Wildman–Crippen MR) is 61.4 cm³/mol. The van der Waals surface area contributed by atoms with Crippen molar-refractivity contribution in [3.63, 3.8) is 0 Å². The maximum atomic E-state index is 11.5. The Morgan fingerprint density at radius 1 is 1.42 bits per heavy atom. The molecule has 0 unspecified atom stereocenters. The largest absolute Gasteiger partial charge is 0.505 e. The van der Waals surface area contributed by atoms with E-state index in [4.69, 9.17) is 9.63 Å². The number of aliphatic carboxylic acids is 1. The minimum atomic E-state index is -1.19. The lowest BCUT2D eigenvalue weighted by Gasteiger charge is -2.04.